The number of rotatable bonds is 6. The van der Waals surface area contributed by atoms with Gasteiger partial charge in [-0.3, -0.25) is 9.69 Å². The second-order valence-corrected chi connectivity index (χ2v) is 8.70. The molecule has 0 radical (unpaired) electrons. The van der Waals surface area contributed by atoms with E-state index in [9.17, 15) is 4.79 Å². The van der Waals surface area contributed by atoms with Gasteiger partial charge in [0, 0.05) is 31.2 Å². The highest BCUT2D eigenvalue weighted by molar-refractivity contribution is 5.97. The lowest BCUT2D eigenvalue weighted by Gasteiger charge is -2.36. The molecule has 0 bridgehead atoms. The highest BCUT2D eigenvalue weighted by atomic mass is 16.5. The van der Waals surface area contributed by atoms with Gasteiger partial charge in [-0.15, -0.1) is 5.10 Å². The van der Waals surface area contributed by atoms with E-state index >= 15 is 0 Å². The number of benzene rings is 1. The topological polar surface area (TPSA) is 72.3 Å². The van der Waals surface area contributed by atoms with Crippen LogP contribution < -0.4 is 5.32 Å². The van der Waals surface area contributed by atoms with Crippen molar-refractivity contribution in [1.29, 1.82) is 0 Å². The monoisotopic (exact) mass is 399 g/mol. The summed E-state index contributed by atoms with van der Waals surface area (Å²) >= 11 is 0. The molecule has 7 nitrogen and oxygen atoms in total. The lowest BCUT2D eigenvalue weighted by molar-refractivity contribution is 0.00673. The van der Waals surface area contributed by atoms with Crippen molar-refractivity contribution in [2.45, 2.75) is 58.0 Å². The van der Waals surface area contributed by atoms with Crippen LogP contribution in [0.4, 0.5) is 0 Å². The fourth-order valence-electron chi connectivity index (χ4n) is 4.67. The Morgan fingerprint density at radius 2 is 1.97 bits per heavy atom. The van der Waals surface area contributed by atoms with E-state index in [1.165, 1.54) is 32.1 Å². The number of carbonyl (C=O) groups is 1. The van der Waals surface area contributed by atoms with Gasteiger partial charge < -0.3 is 10.1 Å². The number of amides is 1. The number of hydrogen-bond donors (Lipinski definition) is 1. The summed E-state index contributed by atoms with van der Waals surface area (Å²) in [4.78, 5) is 15.2. The third-order valence-corrected chi connectivity index (χ3v) is 6.41. The van der Waals surface area contributed by atoms with Crippen molar-refractivity contribution >= 4 is 16.9 Å². The predicted octanol–water partition coefficient (Wildman–Crippen LogP) is 3.02. The van der Waals surface area contributed by atoms with E-state index in [0.717, 1.165) is 37.3 Å². The molecule has 158 valence electrons. The molecule has 1 aliphatic heterocycles. The molecule has 2 fully saturated rings. The van der Waals surface area contributed by atoms with Crippen molar-refractivity contribution < 1.29 is 9.53 Å². The molecule has 0 spiro atoms. The molecule has 1 N–H and O–H groups in total. The van der Waals surface area contributed by atoms with Gasteiger partial charge in [0.25, 0.3) is 5.91 Å². The molecule has 7 heteroatoms. The number of carbonyl (C=O) groups excluding carboxylic acids is 1. The Morgan fingerprint density at radius 1 is 1.21 bits per heavy atom. The zero-order valence-electron chi connectivity index (χ0n) is 17.6. The summed E-state index contributed by atoms with van der Waals surface area (Å²) in [7, 11) is 0. The average molecular weight is 400 g/mol. The molecule has 1 amide bonds. The Kier molecular flexibility index (Phi) is 6.45. The minimum absolute atomic E-state index is 0.0435. The molecule has 2 aliphatic rings. The normalized spacial score (nSPS) is 20.2. The van der Waals surface area contributed by atoms with Crippen molar-refractivity contribution in [3.63, 3.8) is 0 Å². The predicted molar refractivity (Wildman–Crippen MR) is 113 cm³/mol. The van der Waals surface area contributed by atoms with Gasteiger partial charge in [-0.05, 0) is 37.0 Å². The van der Waals surface area contributed by atoms with Gasteiger partial charge in [0.15, 0.2) is 0 Å². The number of nitrogens with zero attached hydrogens (tertiary/aromatic N) is 4. The third kappa shape index (κ3) is 4.61. The molecule has 4 rings (SSSR count). The first-order chi connectivity index (χ1) is 14.1. The SMILES string of the molecule is CC(C)[C@H](CNC(=O)c1ccc2c(c1)nnn2C1CCCCC1)N1CCOCC1. The summed E-state index contributed by atoms with van der Waals surface area (Å²) in [6.45, 7) is 8.45. The highest BCUT2D eigenvalue weighted by Crippen LogP contribution is 2.29. The van der Waals surface area contributed by atoms with Crippen molar-refractivity contribution in [3.05, 3.63) is 23.8 Å². The van der Waals surface area contributed by atoms with Gasteiger partial charge >= 0.3 is 0 Å². The lowest BCUT2D eigenvalue weighted by atomic mass is 9.95. The van der Waals surface area contributed by atoms with Gasteiger partial charge in [0.2, 0.25) is 0 Å². The van der Waals surface area contributed by atoms with Gasteiger partial charge in [-0.1, -0.05) is 38.3 Å². The van der Waals surface area contributed by atoms with Gasteiger partial charge in [0.05, 0.1) is 24.8 Å². The zero-order valence-corrected chi connectivity index (χ0v) is 17.6. The van der Waals surface area contributed by atoms with E-state index in [-0.39, 0.29) is 5.91 Å². The average Bonchev–Trinajstić information content (AvgIpc) is 3.18. The molecule has 1 aromatic heterocycles. The van der Waals surface area contributed by atoms with E-state index < -0.39 is 0 Å². The zero-order chi connectivity index (χ0) is 20.2. The lowest BCUT2D eigenvalue weighted by Crippen LogP contribution is -2.51. The van der Waals surface area contributed by atoms with Crippen molar-refractivity contribution in [2.75, 3.05) is 32.8 Å². The van der Waals surface area contributed by atoms with Crippen LogP contribution in [0.15, 0.2) is 18.2 Å². The fraction of sp³-hybridized carbons (Fsp3) is 0.682. The highest BCUT2D eigenvalue weighted by Gasteiger charge is 2.25. The Hall–Kier alpha value is -1.99. The van der Waals surface area contributed by atoms with Crippen LogP contribution in [-0.4, -0.2) is 64.7 Å². The van der Waals surface area contributed by atoms with Crippen molar-refractivity contribution in [3.8, 4) is 0 Å². The van der Waals surface area contributed by atoms with E-state index in [1.807, 2.05) is 18.2 Å². The second kappa shape index (κ2) is 9.22. The molecule has 2 heterocycles. The molecular formula is C22H33N5O2. The summed E-state index contributed by atoms with van der Waals surface area (Å²) in [6.07, 6.45) is 6.16. The van der Waals surface area contributed by atoms with Crippen LogP contribution >= 0.6 is 0 Å². The van der Waals surface area contributed by atoms with Gasteiger partial charge in [-0.25, -0.2) is 4.68 Å². The molecular weight excluding hydrogens is 366 g/mol. The van der Waals surface area contributed by atoms with Crippen LogP contribution in [0.1, 0.15) is 62.4 Å². The minimum atomic E-state index is -0.0435. The molecule has 2 aromatic rings. The van der Waals surface area contributed by atoms with Crippen LogP contribution in [-0.2, 0) is 4.74 Å². The quantitative estimate of drug-likeness (QED) is 0.808. The molecule has 1 aliphatic carbocycles. The molecule has 1 saturated heterocycles. The molecule has 29 heavy (non-hydrogen) atoms. The van der Waals surface area contributed by atoms with E-state index in [0.29, 0.717) is 30.1 Å². The molecule has 1 atom stereocenters. The van der Waals surface area contributed by atoms with E-state index in [4.69, 9.17) is 4.74 Å². The van der Waals surface area contributed by atoms with Crippen LogP contribution in [0, 0.1) is 5.92 Å². The Balaban J connectivity index is 1.42. The number of ether oxygens (including phenoxy) is 1. The summed E-state index contributed by atoms with van der Waals surface area (Å²) < 4.78 is 7.53. The summed E-state index contributed by atoms with van der Waals surface area (Å²) in [5.41, 5.74) is 2.48. The fourth-order valence-corrected chi connectivity index (χ4v) is 4.67. The third-order valence-electron chi connectivity index (χ3n) is 6.41. The maximum atomic E-state index is 12.8. The number of nitrogens with one attached hydrogen (secondary N) is 1. The van der Waals surface area contributed by atoms with Crippen LogP contribution in [0.5, 0.6) is 0 Å². The van der Waals surface area contributed by atoms with Gasteiger partial charge in [0.1, 0.15) is 5.52 Å². The van der Waals surface area contributed by atoms with Crippen molar-refractivity contribution in [1.82, 2.24) is 25.2 Å². The number of fused-ring (bicyclic) bond motifs is 1. The Morgan fingerprint density at radius 3 is 2.69 bits per heavy atom. The van der Waals surface area contributed by atoms with Gasteiger partial charge in [-0.2, -0.15) is 0 Å². The smallest absolute Gasteiger partial charge is 0.251 e. The van der Waals surface area contributed by atoms with Crippen molar-refractivity contribution in [2.24, 2.45) is 5.92 Å². The second-order valence-electron chi connectivity index (χ2n) is 8.70. The van der Waals surface area contributed by atoms with Crippen LogP contribution in [0.3, 0.4) is 0 Å². The Bertz CT molecular complexity index is 822. The molecule has 0 unspecified atom stereocenters. The largest absolute Gasteiger partial charge is 0.379 e. The summed E-state index contributed by atoms with van der Waals surface area (Å²) in [5, 5.41) is 11.9. The number of hydrogen-bond acceptors (Lipinski definition) is 5. The summed E-state index contributed by atoms with van der Waals surface area (Å²) in [5.74, 6) is 0.421. The van der Waals surface area contributed by atoms with E-state index in [2.05, 4.69) is 39.1 Å². The number of aromatic nitrogens is 3. The first-order valence-electron chi connectivity index (χ1n) is 11.1. The number of morpholine rings is 1. The molecule has 1 saturated carbocycles. The molecule has 1 aromatic carbocycles. The first kappa shape index (κ1) is 20.3. The van der Waals surface area contributed by atoms with Crippen LogP contribution in [0.25, 0.3) is 11.0 Å². The summed E-state index contributed by atoms with van der Waals surface area (Å²) in [6, 6.07) is 6.53. The van der Waals surface area contributed by atoms with Crippen LogP contribution in [0.2, 0.25) is 0 Å². The maximum Gasteiger partial charge on any atom is 0.251 e. The Labute approximate surface area is 172 Å². The van der Waals surface area contributed by atoms with E-state index in [1.54, 1.807) is 0 Å². The first-order valence-corrected chi connectivity index (χ1v) is 11.1. The standard InChI is InChI=1S/C22H33N5O2/c1-16(2)21(26-10-12-29-13-11-26)15-23-22(28)17-8-9-20-19(14-17)24-25-27(20)18-6-4-3-5-7-18/h8-9,14,16,18,21H,3-7,10-13,15H2,1-2H3,(H,23,28)/t21-/m0/s1. The maximum absolute atomic E-state index is 12.8. The minimum Gasteiger partial charge on any atom is -0.379 e.